The summed E-state index contributed by atoms with van der Waals surface area (Å²) in [6.07, 6.45) is 2.05. The van der Waals surface area contributed by atoms with Gasteiger partial charge in [-0.2, -0.15) is 5.26 Å². The van der Waals surface area contributed by atoms with E-state index in [-0.39, 0.29) is 0 Å². The van der Waals surface area contributed by atoms with E-state index in [4.69, 9.17) is 16.9 Å². The number of nitriles is 1. The quantitative estimate of drug-likeness (QED) is 0.839. The minimum Gasteiger partial charge on any atom is -0.380 e. The lowest BCUT2D eigenvalue weighted by molar-refractivity contribution is 1.14. The monoisotopic (exact) mass is 288 g/mol. The maximum atomic E-state index is 9.04. The predicted molar refractivity (Wildman–Crippen MR) is 81.7 cm³/mol. The van der Waals surface area contributed by atoms with Crippen LogP contribution >= 0.6 is 23.4 Å². The third-order valence-electron chi connectivity index (χ3n) is 2.74. The van der Waals surface area contributed by atoms with E-state index in [1.165, 1.54) is 10.5 Å². The van der Waals surface area contributed by atoms with Crippen molar-refractivity contribution in [3.05, 3.63) is 58.6 Å². The van der Waals surface area contributed by atoms with Crippen molar-refractivity contribution in [2.75, 3.05) is 11.6 Å². The maximum absolute atomic E-state index is 9.04. The molecule has 2 aromatic rings. The summed E-state index contributed by atoms with van der Waals surface area (Å²) in [4.78, 5) is 1.24. The Balaban J connectivity index is 2.09. The molecule has 0 aromatic heterocycles. The second-order valence-electron chi connectivity index (χ2n) is 4.00. The summed E-state index contributed by atoms with van der Waals surface area (Å²) >= 11 is 7.66. The molecule has 2 rings (SSSR count). The average Bonchev–Trinajstić information content (AvgIpc) is 2.46. The number of halogens is 1. The van der Waals surface area contributed by atoms with Gasteiger partial charge in [-0.25, -0.2) is 0 Å². The van der Waals surface area contributed by atoms with Gasteiger partial charge < -0.3 is 5.32 Å². The third-order valence-corrected chi connectivity index (χ3v) is 3.72. The zero-order chi connectivity index (χ0) is 13.7. The molecule has 19 heavy (non-hydrogen) atoms. The van der Waals surface area contributed by atoms with Gasteiger partial charge in [0, 0.05) is 16.5 Å². The number of thioether (sulfide) groups is 1. The van der Waals surface area contributed by atoms with Gasteiger partial charge in [0.1, 0.15) is 6.07 Å². The fourth-order valence-electron chi connectivity index (χ4n) is 1.70. The molecule has 1 N–H and O–H groups in total. The van der Waals surface area contributed by atoms with E-state index in [9.17, 15) is 0 Å². The van der Waals surface area contributed by atoms with Gasteiger partial charge >= 0.3 is 0 Å². The van der Waals surface area contributed by atoms with Crippen molar-refractivity contribution in [3.8, 4) is 6.07 Å². The Bertz CT molecular complexity index is 603. The molecule has 2 nitrogen and oxygen atoms in total. The summed E-state index contributed by atoms with van der Waals surface area (Å²) < 4.78 is 0. The highest BCUT2D eigenvalue weighted by Gasteiger charge is 2.02. The van der Waals surface area contributed by atoms with Crippen LogP contribution in [0.4, 0.5) is 5.69 Å². The first-order chi connectivity index (χ1) is 9.22. The van der Waals surface area contributed by atoms with Gasteiger partial charge in [0.15, 0.2) is 0 Å². The highest BCUT2D eigenvalue weighted by atomic mass is 35.5. The van der Waals surface area contributed by atoms with Crippen molar-refractivity contribution < 1.29 is 0 Å². The largest absolute Gasteiger partial charge is 0.380 e. The molecular weight excluding hydrogens is 276 g/mol. The van der Waals surface area contributed by atoms with E-state index in [1.807, 2.05) is 0 Å². The number of rotatable bonds is 4. The van der Waals surface area contributed by atoms with Crippen LogP contribution in [0.2, 0.25) is 5.02 Å². The number of nitrogens with one attached hydrogen (secondary N) is 1. The van der Waals surface area contributed by atoms with E-state index in [0.29, 0.717) is 17.1 Å². The molecule has 0 heterocycles. The standard InChI is InChI=1S/C15H13ClN2S/c1-19-14-6-2-11(3-7-14)10-18-15-8-13(16)5-4-12(15)9-17/h2-8,18H,10H2,1H3. The zero-order valence-electron chi connectivity index (χ0n) is 10.5. The van der Waals surface area contributed by atoms with Crippen LogP contribution in [0.25, 0.3) is 0 Å². The van der Waals surface area contributed by atoms with Crippen LogP contribution in [0.3, 0.4) is 0 Å². The second kappa shape index (κ2) is 6.51. The van der Waals surface area contributed by atoms with E-state index >= 15 is 0 Å². The molecule has 0 saturated heterocycles. The van der Waals surface area contributed by atoms with Crippen LogP contribution in [-0.2, 0) is 6.54 Å². The van der Waals surface area contributed by atoms with Crippen LogP contribution in [0.1, 0.15) is 11.1 Å². The number of anilines is 1. The van der Waals surface area contributed by atoms with Gasteiger partial charge in [-0.15, -0.1) is 11.8 Å². The first-order valence-electron chi connectivity index (χ1n) is 5.79. The van der Waals surface area contributed by atoms with Gasteiger partial charge in [-0.05, 0) is 42.2 Å². The Morgan fingerprint density at radius 3 is 2.58 bits per heavy atom. The molecule has 0 bridgehead atoms. The van der Waals surface area contributed by atoms with Crippen molar-refractivity contribution in [3.63, 3.8) is 0 Å². The van der Waals surface area contributed by atoms with Crippen molar-refractivity contribution in [1.29, 1.82) is 5.26 Å². The molecule has 0 amide bonds. The first-order valence-corrected chi connectivity index (χ1v) is 7.39. The Kier molecular flexibility index (Phi) is 4.73. The van der Waals surface area contributed by atoms with E-state index in [2.05, 4.69) is 41.9 Å². The molecule has 4 heteroatoms. The number of hydrogen-bond donors (Lipinski definition) is 1. The number of benzene rings is 2. The van der Waals surface area contributed by atoms with Gasteiger partial charge in [0.25, 0.3) is 0 Å². The normalized spacial score (nSPS) is 9.95. The van der Waals surface area contributed by atoms with Crippen molar-refractivity contribution in [2.45, 2.75) is 11.4 Å². The lowest BCUT2D eigenvalue weighted by Crippen LogP contribution is -2.01. The third kappa shape index (κ3) is 3.66. The summed E-state index contributed by atoms with van der Waals surface area (Å²) in [6.45, 7) is 0.670. The van der Waals surface area contributed by atoms with Gasteiger partial charge in [-0.3, -0.25) is 0 Å². The van der Waals surface area contributed by atoms with Crippen molar-refractivity contribution in [2.24, 2.45) is 0 Å². The Morgan fingerprint density at radius 2 is 1.95 bits per heavy atom. The van der Waals surface area contributed by atoms with Crippen molar-refractivity contribution in [1.82, 2.24) is 0 Å². The zero-order valence-corrected chi connectivity index (χ0v) is 12.1. The Hall–Kier alpha value is -1.63. The van der Waals surface area contributed by atoms with E-state index in [0.717, 1.165) is 5.69 Å². The van der Waals surface area contributed by atoms with Crippen LogP contribution in [-0.4, -0.2) is 6.26 Å². The summed E-state index contributed by atoms with van der Waals surface area (Å²) in [5.41, 5.74) is 2.54. The highest BCUT2D eigenvalue weighted by molar-refractivity contribution is 7.98. The Labute approximate surface area is 122 Å². The van der Waals surface area contributed by atoms with Crippen LogP contribution in [0.15, 0.2) is 47.4 Å². The predicted octanol–water partition coefficient (Wildman–Crippen LogP) is 4.55. The van der Waals surface area contributed by atoms with E-state index < -0.39 is 0 Å². The van der Waals surface area contributed by atoms with Crippen molar-refractivity contribution >= 4 is 29.1 Å². The molecule has 0 aliphatic carbocycles. The minimum atomic E-state index is 0.602. The topological polar surface area (TPSA) is 35.8 Å². The summed E-state index contributed by atoms with van der Waals surface area (Å²) in [5, 5.41) is 12.9. The smallest absolute Gasteiger partial charge is 0.101 e. The molecule has 0 radical (unpaired) electrons. The molecule has 0 saturated carbocycles. The van der Waals surface area contributed by atoms with Gasteiger partial charge in [0.2, 0.25) is 0 Å². The van der Waals surface area contributed by atoms with Crippen LogP contribution in [0, 0.1) is 11.3 Å². The first kappa shape index (κ1) is 13.8. The molecule has 0 unspecified atom stereocenters. The minimum absolute atomic E-state index is 0.602. The number of hydrogen-bond acceptors (Lipinski definition) is 3. The summed E-state index contributed by atoms with van der Waals surface area (Å²) in [7, 11) is 0. The maximum Gasteiger partial charge on any atom is 0.101 e. The van der Waals surface area contributed by atoms with E-state index in [1.54, 1.807) is 30.0 Å². The fourth-order valence-corrected chi connectivity index (χ4v) is 2.28. The molecule has 0 fully saturated rings. The molecule has 2 aromatic carbocycles. The fraction of sp³-hybridized carbons (Fsp3) is 0.133. The summed E-state index contributed by atoms with van der Waals surface area (Å²) in [5.74, 6) is 0. The molecular formula is C15H13ClN2S. The molecule has 0 aliphatic rings. The van der Waals surface area contributed by atoms with Crippen LogP contribution in [0.5, 0.6) is 0 Å². The Morgan fingerprint density at radius 1 is 1.21 bits per heavy atom. The SMILES string of the molecule is CSc1ccc(CNc2cc(Cl)ccc2C#N)cc1. The lowest BCUT2D eigenvalue weighted by Gasteiger charge is -2.09. The molecule has 0 spiro atoms. The number of nitrogens with zero attached hydrogens (tertiary/aromatic N) is 1. The molecule has 0 aliphatic heterocycles. The summed E-state index contributed by atoms with van der Waals surface area (Å²) in [6, 6.07) is 15.7. The van der Waals surface area contributed by atoms with Crippen LogP contribution < -0.4 is 5.32 Å². The van der Waals surface area contributed by atoms with Gasteiger partial charge in [-0.1, -0.05) is 23.7 Å². The molecule has 96 valence electrons. The van der Waals surface area contributed by atoms with Gasteiger partial charge in [0.05, 0.1) is 11.3 Å². The lowest BCUT2D eigenvalue weighted by atomic mass is 10.1. The highest BCUT2D eigenvalue weighted by Crippen LogP contribution is 2.21. The molecule has 0 atom stereocenters. The second-order valence-corrected chi connectivity index (χ2v) is 5.32. The average molecular weight is 289 g/mol.